The number of hydrogen-bond donors (Lipinski definition) is 3. The predicted molar refractivity (Wildman–Crippen MR) is 53.2 cm³/mol. The van der Waals surface area contributed by atoms with Crippen molar-refractivity contribution < 1.29 is 22.2 Å². The van der Waals surface area contributed by atoms with Gasteiger partial charge in [0.05, 0.1) is 6.61 Å². The monoisotopic (exact) mass is 231 g/mol. The van der Waals surface area contributed by atoms with Gasteiger partial charge in [-0.3, -0.25) is 18.9 Å². The normalized spacial score (nSPS) is 9.92. The van der Waals surface area contributed by atoms with Gasteiger partial charge in [-0.15, -0.1) is 0 Å². The molecule has 0 bridgehead atoms. The van der Waals surface area contributed by atoms with Gasteiger partial charge in [-0.1, -0.05) is 18.0 Å². The molecule has 0 heterocycles. The minimum absolute atomic E-state index is 0.304. The van der Waals surface area contributed by atoms with Crippen LogP contribution in [0.25, 0.3) is 0 Å². The van der Waals surface area contributed by atoms with E-state index < -0.39 is 22.1 Å². The van der Waals surface area contributed by atoms with Gasteiger partial charge in [0.1, 0.15) is 0 Å². The summed E-state index contributed by atoms with van der Waals surface area (Å²) in [7, 11) is -2.61. The molecule has 0 aromatic carbocycles. The van der Waals surface area contributed by atoms with Gasteiger partial charge in [-0.05, 0) is 6.42 Å². The summed E-state index contributed by atoms with van der Waals surface area (Å²) in [6, 6.07) is 0. The number of rotatable bonds is 5. The van der Waals surface area contributed by atoms with Crippen LogP contribution >= 0.6 is 11.1 Å². The first-order valence-corrected chi connectivity index (χ1v) is 5.93. The number of carbonyl (C=O) groups is 2. The second-order valence-corrected chi connectivity index (χ2v) is 3.74. The summed E-state index contributed by atoms with van der Waals surface area (Å²) in [6.45, 7) is 2.15. The quantitative estimate of drug-likeness (QED) is 0.422. The van der Waals surface area contributed by atoms with Crippen LogP contribution in [0.1, 0.15) is 13.3 Å². The first-order chi connectivity index (χ1) is 6.08. The van der Waals surface area contributed by atoms with Gasteiger partial charge in [0, 0.05) is 0 Å². The van der Waals surface area contributed by atoms with E-state index in [1.165, 1.54) is 0 Å². The summed E-state index contributed by atoms with van der Waals surface area (Å²) in [6.07, 6.45) is 0.739. The zero-order valence-electron chi connectivity index (χ0n) is 7.08. The zero-order valence-corrected chi connectivity index (χ0v) is 8.87. The molecule has 0 rings (SSSR count). The molecule has 2 N–H and O–H groups in total. The van der Waals surface area contributed by atoms with Crippen LogP contribution in [-0.4, -0.2) is 26.3 Å². The van der Waals surface area contributed by atoms with Gasteiger partial charge < -0.3 is 0 Å². The molecule has 13 heavy (non-hydrogen) atoms. The topological polar surface area (TPSA) is 104 Å². The highest BCUT2D eigenvalue weighted by Gasteiger charge is 1.82. The van der Waals surface area contributed by atoms with Gasteiger partial charge >= 0.3 is 0 Å². The average molecular weight is 231 g/mol. The Morgan fingerprint density at radius 1 is 1.31 bits per heavy atom. The fraction of sp³-hybridized carbons (Fsp3) is 0.600. The van der Waals surface area contributed by atoms with Crippen LogP contribution in [0.3, 0.4) is 0 Å². The summed E-state index contributed by atoms with van der Waals surface area (Å²) in [5.74, 6) is 0. The molecular formula is C5H13NO5S2. The van der Waals surface area contributed by atoms with Gasteiger partial charge in [0.2, 0.25) is 0 Å². The summed E-state index contributed by atoms with van der Waals surface area (Å²) in [4.78, 5) is 18.8. The minimum Gasteiger partial charge on any atom is -0.291 e. The van der Waals surface area contributed by atoms with Crippen molar-refractivity contribution in [1.29, 1.82) is 0 Å². The fourth-order valence-corrected chi connectivity index (χ4v) is 0.572. The molecule has 0 radical (unpaired) electrons. The first kappa shape index (κ1) is 15.1. The lowest BCUT2D eigenvalue weighted by Crippen LogP contribution is -1.92. The van der Waals surface area contributed by atoms with Crippen LogP contribution < -0.4 is 5.14 Å². The largest absolute Gasteiger partial charge is 0.291 e. The molecule has 0 saturated carbocycles. The minimum atomic E-state index is -2.61. The zero-order chi connectivity index (χ0) is 10.7. The third kappa shape index (κ3) is 18.5. The second kappa shape index (κ2) is 11.6. The Hall–Kier alpha value is -0.440. The Labute approximate surface area is 81.1 Å². The molecule has 8 heteroatoms. The molecule has 0 aliphatic carbocycles. The number of nitrogens with two attached hydrogens (primary N) is 1. The summed E-state index contributed by atoms with van der Waals surface area (Å²) < 4.78 is 23.3. The van der Waals surface area contributed by atoms with Crippen molar-refractivity contribution in [2.24, 2.45) is 5.14 Å². The van der Waals surface area contributed by atoms with Crippen LogP contribution in [-0.2, 0) is 24.8 Å². The van der Waals surface area contributed by atoms with Crippen molar-refractivity contribution >= 4 is 33.3 Å². The van der Waals surface area contributed by atoms with E-state index in [2.05, 4.69) is 4.18 Å². The Kier molecular flexibility index (Phi) is 13.4. The molecule has 6 nitrogen and oxygen atoms in total. The van der Waals surface area contributed by atoms with Crippen molar-refractivity contribution in [3.8, 4) is 0 Å². The average Bonchev–Trinajstić information content (AvgIpc) is 2.14. The van der Waals surface area contributed by atoms with Crippen molar-refractivity contribution in [3.05, 3.63) is 0 Å². The van der Waals surface area contributed by atoms with E-state index in [0.29, 0.717) is 17.8 Å². The number of thiol groups is 2. The van der Waals surface area contributed by atoms with Crippen LogP contribution in [0.4, 0.5) is 0 Å². The predicted octanol–water partition coefficient (Wildman–Crippen LogP) is -0.819. The molecule has 0 saturated heterocycles. The molecule has 0 atom stereocenters. The molecular weight excluding hydrogens is 218 g/mol. The van der Waals surface area contributed by atoms with E-state index in [4.69, 9.17) is 5.14 Å². The van der Waals surface area contributed by atoms with Crippen molar-refractivity contribution in [3.63, 3.8) is 0 Å². The summed E-state index contributed by atoms with van der Waals surface area (Å²) in [5, 5.41) is 4.80. The maximum absolute atomic E-state index is 9.57. The lowest BCUT2D eigenvalue weighted by molar-refractivity contribution is 0.333. The van der Waals surface area contributed by atoms with Gasteiger partial charge in [0.25, 0.3) is 11.0 Å². The van der Waals surface area contributed by atoms with Gasteiger partial charge in [0.15, 0.2) is 11.2 Å². The van der Waals surface area contributed by atoms with Crippen molar-refractivity contribution in [2.45, 2.75) is 13.3 Å². The van der Waals surface area contributed by atoms with Crippen LogP contribution in [0.2, 0.25) is 0 Å². The SMILES string of the molecule is CCCO[SH](=O)=O.N[SH](C=O)C=O. The third-order valence-corrected chi connectivity index (χ3v) is 1.52. The van der Waals surface area contributed by atoms with Crippen LogP contribution in [0, 0.1) is 0 Å². The Bertz CT molecular complexity index is 189. The molecule has 0 aromatic rings. The Balaban J connectivity index is 0. The maximum atomic E-state index is 9.57. The highest BCUT2D eigenvalue weighted by Crippen LogP contribution is 1.98. The van der Waals surface area contributed by atoms with Crippen LogP contribution in [0.15, 0.2) is 0 Å². The highest BCUT2D eigenvalue weighted by molar-refractivity contribution is 8.36. The summed E-state index contributed by atoms with van der Waals surface area (Å²) >= 11 is -1.44. The Morgan fingerprint density at radius 3 is 1.85 bits per heavy atom. The standard InChI is InChI=1S/C3H8O3S.C2H5NO2S/c1-2-3-6-7(4)5;3-6(1-4)2-5/h7H,2-3H2,1H3;1-2,6H,3H2. The molecule has 0 aliphatic rings. The van der Waals surface area contributed by atoms with E-state index in [9.17, 15) is 18.0 Å². The van der Waals surface area contributed by atoms with Crippen molar-refractivity contribution in [1.82, 2.24) is 0 Å². The molecule has 0 aromatic heterocycles. The first-order valence-electron chi connectivity index (χ1n) is 3.29. The number of hydrogen-bond acceptors (Lipinski definition) is 6. The second-order valence-electron chi connectivity index (χ2n) is 1.71. The van der Waals surface area contributed by atoms with E-state index >= 15 is 0 Å². The molecule has 80 valence electrons. The van der Waals surface area contributed by atoms with Crippen LogP contribution in [0.5, 0.6) is 0 Å². The molecule has 0 amide bonds. The molecule has 0 fully saturated rings. The molecule has 0 spiro atoms. The van der Waals surface area contributed by atoms with Crippen molar-refractivity contribution in [2.75, 3.05) is 6.61 Å². The Morgan fingerprint density at radius 2 is 1.77 bits per heavy atom. The van der Waals surface area contributed by atoms with Gasteiger partial charge in [-0.2, -0.15) is 0 Å². The number of carbonyl (C=O) groups excluding carboxylic acids is 2. The van der Waals surface area contributed by atoms with E-state index in [-0.39, 0.29) is 0 Å². The maximum Gasteiger partial charge on any atom is 0.257 e. The molecule has 0 unspecified atom stereocenters. The summed E-state index contributed by atoms with van der Waals surface area (Å²) in [5.41, 5.74) is 0.894. The lowest BCUT2D eigenvalue weighted by atomic mass is 10.5. The smallest absolute Gasteiger partial charge is 0.257 e. The molecule has 0 aliphatic heterocycles. The fourth-order valence-electron chi connectivity index (χ4n) is 0.191. The van der Waals surface area contributed by atoms with E-state index in [1.54, 1.807) is 0 Å². The van der Waals surface area contributed by atoms with E-state index in [1.807, 2.05) is 6.92 Å². The lowest BCUT2D eigenvalue weighted by Gasteiger charge is -1.87. The highest BCUT2D eigenvalue weighted by atomic mass is 32.2. The third-order valence-electron chi connectivity index (χ3n) is 0.644. The van der Waals surface area contributed by atoms with Gasteiger partial charge in [-0.25, -0.2) is 8.42 Å². The van der Waals surface area contributed by atoms with E-state index in [0.717, 1.165) is 6.42 Å².